The summed E-state index contributed by atoms with van der Waals surface area (Å²) in [6, 6.07) is 4.00. The van der Waals surface area contributed by atoms with Gasteiger partial charge in [-0.05, 0) is 17.0 Å². The van der Waals surface area contributed by atoms with E-state index in [0.29, 0.717) is 10.5 Å². The van der Waals surface area contributed by atoms with Gasteiger partial charge in [-0.25, -0.2) is 0 Å². The van der Waals surface area contributed by atoms with Crippen molar-refractivity contribution < 1.29 is 9.95 Å². The molecule has 1 aromatic carbocycles. The third kappa shape index (κ3) is 1.33. The fourth-order valence-electron chi connectivity index (χ4n) is 1.01. The Morgan fingerprint density at radius 2 is 2.23 bits per heavy atom. The average molecular weight is 198 g/mol. The summed E-state index contributed by atoms with van der Waals surface area (Å²) < 4.78 is 0. The SMILES string of the molecule is [O-][n+]1nc(O)nc2ccc(Cl)cc21. The second kappa shape index (κ2) is 2.70. The molecule has 0 fully saturated rings. The van der Waals surface area contributed by atoms with Crippen molar-refractivity contribution in [1.29, 1.82) is 0 Å². The number of aromatic nitrogens is 3. The Morgan fingerprint density at radius 3 is 3.00 bits per heavy atom. The molecule has 0 unspecified atom stereocenters. The summed E-state index contributed by atoms with van der Waals surface area (Å²) in [6.07, 6.45) is 0. The summed E-state index contributed by atoms with van der Waals surface area (Å²) in [6.45, 7) is 0. The maximum atomic E-state index is 11.1. The van der Waals surface area contributed by atoms with Crippen LogP contribution in [0.4, 0.5) is 0 Å². The van der Waals surface area contributed by atoms with Gasteiger partial charge in [0, 0.05) is 11.1 Å². The molecule has 5 nitrogen and oxygen atoms in total. The van der Waals surface area contributed by atoms with E-state index in [1.807, 2.05) is 0 Å². The molecular weight excluding hydrogens is 194 g/mol. The maximum Gasteiger partial charge on any atom is 0.378 e. The van der Waals surface area contributed by atoms with Gasteiger partial charge in [0.1, 0.15) is 5.52 Å². The van der Waals surface area contributed by atoms with Crippen molar-refractivity contribution in [3.8, 4) is 6.01 Å². The summed E-state index contributed by atoms with van der Waals surface area (Å²) in [5.74, 6) is 0. The Balaban J connectivity index is 2.87. The highest BCUT2D eigenvalue weighted by atomic mass is 35.5. The summed E-state index contributed by atoms with van der Waals surface area (Å²) >= 11 is 5.66. The maximum absolute atomic E-state index is 11.1. The number of hydrogen-bond donors (Lipinski definition) is 1. The second-order valence-corrected chi connectivity index (χ2v) is 2.85. The predicted molar refractivity (Wildman–Crippen MR) is 45.2 cm³/mol. The zero-order valence-electron chi connectivity index (χ0n) is 6.31. The molecule has 0 aliphatic carbocycles. The standard InChI is InChI=1S/C7H4ClN3O2/c8-4-1-2-5-6(3-4)11(13)10-7(12)9-5/h1-3H,(H,9,10,12). The first-order chi connectivity index (χ1) is 6.16. The highest BCUT2D eigenvalue weighted by Crippen LogP contribution is 2.14. The van der Waals surface area contributed by atoms with Crippen molar-refractivity contribution in [2.45, 2.75) is 0 Å². The third-order valence-corrected chi connectivity index (χ3v) is 1.78. The Morgan fingerprint density at radius 1 is 1.46 bits per heavy atom. The van der Waals surface area contributed by atoms with Crippen molar-refractivity contribution in [1.82, 2.24) is 10.1 Å². The molecule has 0 aliphatic rings. The number of halogens is 1. The number of benzene rings is 1. The molecule has 1 heterocycles. The molecular formula is C7H4ClN3O2. The van der Waals surface area contributed by atoms with Gasteiger partial charge in [-0.2, -0.15) is 4.98 Å². The van der Waals surface area contributed by atoms with Gasteiger partial charge < -0.3 is 10.3 Å². The molecule has 0 saturated carbocycles. The van der Waals surface area contributed by atoms with Crippen LogP contribution in [0, 0.1) is 5.21 Å². The van der Waals surface area contributed by atoms with Crippen molar-refractivity contribution >= 4 is 22.6 Å². The van der Waals surface area contributed by atoms with Gasteiger partial charge in [0.25, 0.3) is 5.52 Å². The van der Waals surface area contributed by atoms with Crippen molar-refractivity contribution in [3.63, 3.8) is 0 Å². The molecule has 6 heteroatoms. The molecule has 2 rings (SSSR count). The lowest BCUT2D eigenvalue weighted by Gasteiger charge is -1.98. The molecule has 2 aromatic rings. The molecule has 1 N–H and O–H groups in total. The molecule has 0 radical (unpaired) electrons. The number of hydrogen-bond acceptors (Lipinski definition) is 4. The highest BCUT2D eigenvalue weighted by Gasteiger charge is 2.09. The number of fused-ring (bicyclic) bond motifs is 1. The summed E-state index contributed by atoms with van der Waals surface area (Å²) in [4.78, 5) is 3.92. The molecule has 1 aromatic heterocycles. The summed E-state index contributed by atoms with van der Waals surface area (Å²) in [5, 5.41) is 23.6. The second-order valence-electron chi connectivity index (χ2n) is 2.42. The van der Waals surface area contributed by atoms with Gasteiger partial charge in [0.05, 0.1) is 5.10 Å². The van der Waals surface area contributed by atoms with Gasteiger partial charge in [-0.1, -0.05) is 11.6 Å². The van der Waals surface area contributed by atoms with E-state index in [1.54, 1.807) is 6.07 Å². The smallest absolute Gasteiger partial charge is 0.378 e. The average Bonchev–Trinajstić information content (AvgIpc) is 2.06. The Bertz CT molecular complexity index is 474. The van der Waals surface area contributed by atoms with Crippen LogP contribution in [0.2, 0.25) is 5.02 Å². The molecule has 0 amide bonds. The monoisotopic (exact) mass is 197 g/mol. The van der Waals surface area contributed by atoms with E-state index in [0.717, 1.165) is 0 Å². The van der Waals surface area contributed by atoms with E-state index < -0.39 is 6.01 Å². The molecule has 0 bridgehead atoms. The molecule has 0 aliphatic heterocycles. The molecule has 0 saturated heterocycles. The van der Waals surface area contributed by atoms with Crippen LogP contribution in [0.25, 0.3) is 11.0 Å². The fraction of sp³-hybridized carbons (Fsp3) is 0. The van der Waals surface area contributed by atoms with Crippen LogP contribution in [-0.4, -0.2) is 15.2 Å². The topological polar surface area (TPSA) is 73.0 Å². The highest BCUT2D eigenvalue weighted by molar-refractivity contribution is 6.31. The van der Waals surface area contributed by atoms with E-state index in [4.69, 9.17) is 16.7 Å². The zero-order valence-corrected chi connectivity index (χ0v) is 7.06. The summed E-state index contributed by atoms with van der Waals surface area (Å²) in [7, 11) is 0. The van der Waals surface area contributed by atoms with Gasteiger partial charge in [0.15, 0.2) is 0 Å². The largest absolute Gasteiger partial charge is 0.594 e. The minimum Gasteiger partial charge on any atom is -0.594 e. The van der Waals surface area contributed by atoms with Gasteiger partial charge in [-0.3, -0.25) is 0 Å². The van der Waals surface area contributed by atoms with E-state index >= 15 is 0 Å². The lowest BCUT2D eigenvalue weighted by Crippen LogP contribution is -2.32. The first-order valence-electron chi connectivity index (χ1n) is 3.43. The van der Waals surface area contributed by atoms with Crippen molar-refractivity contribution in [3.05, 3.63) is 28.4 Å². The van der Waals surface area contributed by atoms with E-state index in [1.165, 1.54) is 12.1 Å². The zero-order chi connectivity index (χ0) is 9.42. The van der Waals surface area contributed by atoms with Crippen LogP contribution >= 0.6 is 11.6 Å². The quantitative estimate of drug-likeness (QED) is 0.497. The minimum atomic E-state index is -0.551. The first kappa shape index (κ1) is 8.00. The molecule has 66 valence electrons. The van der Waals surface area contributed by atoms with Gasteiger partial charge >= 0.3 is 6.01 Å². The van der Waals surface area contributed by atoms with E-state index in [9.17, 15) is 5.21 Å². The van der Waals surface area contributed by atoms with Crippen LogP contribution in [0.1, 0.15) is 0 Å². The third-order valence-electron chi connectivity index (χ3n) is 1.54. The van der Waals surface area contributed by atoms with Crippen molar-refractivity contribution in [2.24, 2.45) is 0 Å². The van der Waals surface area contributed by atoms with Crippen LogP contribution in [0.15, 0.2) is 18.2 Å². The van der Waals surface area contributed by atoms with Crippen LogP contribution in [0.3, 0.4) is 0 Å². The molecule has 0 spiro atoms. The summed E-state index contributed by atoms with van der Waals surface area (Å²) in [5.41, 5.74) is 0.581. The fourth-order valence-corrected chi connectivity index (χ4v) is 1.18. The predicted octanol–water partition coefficient (Wildman–Crippen LogP) is 0.622. The lowest BCUT2D eigenvalue weighted by atomic mass is 10.3. The van der Waals surface area contributed by atoms with Crippen LogP contribution < -0.4 is 4.85 Å². The Hall–Kier alpha value is -1.62. The van der Waals surface area contributed by atoms with Crippen LogP contribution in [0.5, 0.6) is 6.01 Å². The first-order valence-corrected chi connectivity index (χ1v) is 3.81. The van der Waals surface area contributed by atoms with Gasteiger partial charge in [0.2, 0.25) is 0 Å². The molecule has 13 heavy (non-hydrogen) atoms. The van der Waals surface area contributed by atoms with Crippen LogP contribution in [-0.2, 0) is 0 Å². The van der Waals surface area contributed by atoms with Gasteiger partial charge in [-0.15, -0.1) is 0 Å². The normalized spacial score (nSPS) is 10.5. The number of aromatic hydroxyl groups is 1. The Kier molecular flexibility index (Phi) is 1.66. The number of nitrogens with zero attached hydrogens (tertiary/aromatic N) is 3. The number of rotatable bonds is 0. The minimum absolute atomic E-state index is 0.227. The molecule has 0 atom stereocenters. The lowest BCUT2D eigenvalue weighted by molar-refractivity contribution is -0.643. The van der Waals surface area contributed by atoms with Crippen molar-refractivity contribution in [2.75, 3.05) is 0 Å². The van der Waals surface area contributed by atoms with E-state index in [-0.39, 0.29) is 10.4 Å². The van der Waals surface area contributed by atoms with E-state index in [2.05, 4.69) is 10.1 Å². The Labute approximate surface area is 77.8 Å².